The fourth-order valence-corrected chi connectivity index (χ4v) is 6.55. The van der Waals surface area contributed by atoms with Crippen molar-refractivity contribution in [2.45, 2.75) is 56.9 Å². The zero-order valence-electron chi connectivity index (χ0n) is 21.7. The molecule has 6 nitrogen and oxygen atoms in total. The highest BCUT2D eigenvalue weighted by Gasteiger charge is 2.51. The molecule has 1 saturated heterocycles. The fourth-order valence-electron chi connectivity index (χ4n) is 6.55. The van der Waals surface area contributed by atoms with E-state index < -0.39 is 0 Å². The minimum atomic E-state index is -0.370. The smallest absolute Gasteiger partial charge is 0.337 e. The summed E-state index contributed by atoms with van der Waals surface area (Å²) in [6.45, 7) is 5.44. The molecule has 2 fully saturated rings. The zero-order chi connectivity index (χ0) is 25.3. The lowest BCUT2D eigenvalue weighted by atomic mass is 9.56. The van der Waals surface area contributed by atoms with Crippen LogP contribution >= 0.6 is 0 Å². The molecular weight excluding hydrogens is 452 g/mol. The number of hydrogen-bond acceptors (Lipinski definition) is 5. The Morgan fingerprint density at radius 3 is 2.58 bits per heavy atom. The molecule has 0 spiro atoms. The summed E-state index contributed by atoms with van der Waals surface area (Å²) in [6, 6.07) is 14.2. The van der Waals surface area contributed by atoms with Crippen LogP contribution in [-0.2, 0) is 27.8 Å². The summed E-state index contributed by atoms with van der Waals surface area (Å²) in [5.74, 6) is 1.97. The number of amides is 1. The first-order chi connectivity index (χ1) is 17.4. The van der Waals surface area contributed by atoms with Crippen LogP contribution in [-0.4, -0.2) is 56.7 Å². The number of carbonyl (C=O) groups is 2. The summed E-state index contributed by atoms with van der Waals surface area (Å²) in [6.07, 6.45) is 6.20. The monoisotopic (exact) mass is 490 g/mol. The molecule has 1 saturated carbocycles. The number of likely N-dealkylation sites (tertiary alicyclic amines) is 1. The third-order valence-electron chi connectivity index (χ3n) is 8.87. The second-order valence-corrected chi connectivity index (χ2v) is 10.9. The topological polar surface area (TPSA) is 67.9 Å². The number of nitrogens with one attached hydrogen (secondary N) is 1. The summed E-state index contributed by atoms with van der Waals surface area (Å²) in [7, 11) is 3.10. The largest absolute Gasteiger partial charge is 0.497 e. The lowest BCUT2D eigenvalue weighted by molar-refractivity contribution is -0.120. The van der Waals surface area contributed by atoms with Gasteiger partial charge in [-0.05, 0) is 91.4 Å². The summed E-state index contributed by atoms with van der Waals surface area (Å²) in [5, 5.41) is 3.18. The van der Waals surface area contributed by atoms with Crippen molar-refractivity contribution in [3.8, 4) is 5.75 Å². The van der Waals surface area contributed by atoms with Gasteiger partial charge in [-0.25, -0.2) is 4.79 Å². The van der Waals surface area contributed by atoms with Gasteiger partial charge in [0, 0.05) is 24.5 Å². The average Bonchev–Trinajstić information content (AvgIpc) is 3.71. The van der Waals surface area contributed by atoms with E-state index in [-0.39, 0.29) is 17.3 Å². The lowest BCUT2D eigenvalue weighted by Gasteiger charge is -2.56. The Hall–Kier alpha value is -2.86. The molecule has 1 heterocycles. The summed E-state index contributed by atoms with van der Waals surface area (Å²) in [5.41, 5.74) is 4.28. The van der Waals surface area contributed by atoms with Gasteiger partial charge in [0.2, 0.25) is 5.91 Å². The van der Waals surface area contributed by atoms with Crippen LogP contribution in [0.15, 0.2) is 42.5 Å². The van der Waals surface area contributed by atoms with E-state index in [1.54, 1.807) is 19.2 Å². The third kappa shape index (κ3) is 4.88. The first kappa shape index (κ1) is 24.8. The highest BCUT2D eigenvalue weighted by molar-refractivity contribution is 5.89. The number of rotatable bonds is 9. The van der Waals surface area contributed by atoms with Crippen molar-refractivity contribution in [1.29, 1.82) is 0 Å². The fraction of sp³-hybridized carbons (Fsp3) is 0.533. The normalized spacial score (nSPS) is 25.1. The van der Waals surface area contributed by atoms with E-state index in [0.29, 0.717) is 30.5 Å². The predicted octanol–water partition coefficient (Wildman–Crippen LogP) is 4.15. The Labute approximate surface area is 214 Å². The van der Waals surface area contributed by atoms with Gasteiger partial charge in [-0.3, -0.25) is 9.69 Å². The standard InChI is InChI=1S/C30H38N2O4/c1-20-27-17-24-10-11-25(35-2)18-26(24)30(20,13-15-32(27)19-22-4-5-22)12-14-31-28(33)16-21-6-8-23(9-7-21)29(34)36-3/h6-11,18,20,22,27H,4-5,12-17,19H2,1-3H3,(H,31,33)/t20-,27+,30-/m0/s1. The van der Waals surface area contributed by atoms with E-state index in [1.807, 2.05) is 12.1 Å². The Kier molecular flexibility index (Phi) is 7.07. The molecular formula is C30H38N2O4. The van der Waals surface area contributed by atoms with Crippen molar-refractivity contribution in [1.82, 2.24) is 10.2 Å². The molecule has 2 aliphatic carbocycles. The molecule has 6 heteroatoms. The number of fused-ring (bicyclic) bond motifs is 4. The number of piperidine rings is 1. The molecule has 3 atom stereocenters. The van der Waals surface area contributed by atoms with Crippen LogP contribution in [0.5, 0.6) is 5.75 Å². The number of methoxy groups -OCH3 is 2. The molecule has 192 valence electrons. The van der Waals surface area contributed by atoms with Crippen molar-refractivity contribution in [2.24, 2.45) is 11.8 Å². The van der Waals surface area contributed by atoms with Crippen LogP contribution in [0.3, 0.4) is 0 Å². The van der Waals surface area contributed by atoms with E-state index in [2.05, 4.69) is 35.3 Å². The molecule has 1 N–H and O–H groups in total. The van der Waals surface area contributed by atoms with Crippen LogP contribution in [0.4, 0.5) is 0 Å². The van der Waals surface area contributed by atoms with Crippen molar-refractivity contribution in [3.05, 3.63) is 64.7 Å². The second kappa shape index (κ2) is 10.3. The van der Waals surface area contributed by atoms with Crippen LogP contribution < -0.4 is 10.1 Å². The third-order valence-corrected chi connectivity index (χ3v) is 8.87. The predicted molar refractivity (Wildman–Crippen MR) is 139 cm³/mol. The van der Waals surface area contributed by atoms with Crippen LogP contribution in [0.1, 0.15) is 59.7 Å². The SMILES string of the molecule is COC(=O)c1ccc(CC(=O)NCC[C@@]23CCN(CC4CC4)[C@H](Cc4ccc(OC)cc42)[C@@H]3C)cc1. The molecule has 2 bridgehead atoms. The van der Waals surface area contributed by atoms with Crippen LogP contribution in [0, 0.1) is 11.8 Å². The number of nitrogens with zero attached hydrogens (tertiary/aromatic N) is 1. The van der Waals surface area contributed by atoms with E-state index in [9.17, 15) is 9.59 Å². The molecule has 2 aromatic carbocycles. The summed E-state index contributed by atoms with van der Waals surface area (Å²) >= 11 is 0. The number of ether oxygens (including phenoxy) is 2. The molecule has 3 aliphatic rings. The van der Waals surface area contributed by atoms with E-state index >= 15 is 0 Å². The Morgan fingerprint density at radius 1 is 1.11 bits per heavy atom. The van der Waals surface area contributed by atoms with E-state index in [4.69, 9.17) is 9.47 Å². The quantitative estimate of drug-likeness (QED) is 0.535. The number of hydrogen-bond donors (Lipinski definition) is 1. The van der Waals surface area contributed by atoms with Gasteiger partial charge in [0.05, 0.1) is 26.2 Å². The first-order valence-corrected chi connectivity index (χ1v) is 13.3. The number of benzene rings is 2. The Bertz CT molecular complexity index is 1110. The number of carbonyl (C=O) groups excluding carboxylic acids is 2. The molecule has 0 unspecified atom stereocenters. The van der Waals surface area contributed by atoms with Gasteiger partial charge in [0.25, 0.3) is 0 Å². The maximum absolute atomic E-state index is 12.8. The van der Waals surface area contributed by atoms with E-state index in [1.165, 1.54) is 37.6 Å². The molecule has 0 aromatic heterocycles. The molecule has 2 aromatic rings. The van der Waals surface area contributed by atoms with Crippen LogP contribution in [0.2, 0.25) is 0 Å². The van der Waals surface area contributed by atoms with Gasteiger partial charge in [-0.2, -0.15) is 0 Å². The van der Waals surface area contributed by atoms with Gasteiger partial charge in [0.15, 0.2) is 0 Å². The average molecular weight is 491 g/mol. The van der Waals surface area contributed by atoms with Gasteiger partial charge in [0.1, 0.15) is 5.75 Å². The highest BCUT2D eigenvalue weighted by Crippen LogP contribution is 2.52. The summed E-state index contributed by atoms with van der Waals surface area (Å²) < 4.78 is 10.4. The van der Waals surface area contributed by atoms with Gasteiger partial charge in [-0.1, -0.05) is 25.1 Å². The summed E-state index contributed by atoms with van der Waals surface area (Å²) in [4.78, 5) is 27.2. The van der Waals surface area contributed by atoms with Crippen LogP contribution in [0.25, 0.3) is 0 Å². The zero-order valence-corrected chi connectivity index (χ0v) is 21.7. The molecule has 1 amide bonds. The maximum Gasteiger partial charge on any atom is 0.337 e. The van der Waals surface area contributed by atoms with E-state index in [0.717, 1.165) is 43.0 Å². The Morgan fingerprint density at radius 2 is 1.89 bits per heavy atom. The van der Waals surface area contributed by atoms with Gasteiger partial charge < -0.3 is 14.8 Å². The molecule has 5 rings (SSSR count). The number of esters is 1. The van der Waals surface area contributed by atoms with Gasteiger partial charge in [-0.15, -0.1) is 0 Å². The van der Waals surface area contributed by atoms with Crippen molar-refractivity contribution < 1.29 is 19.1 Å². The lowest BCUT2D eigenvalue weighted by Crippen LogP contribution is -2.60. The minimum Gasteiger partial charge on any atom is -0.497 e. The highest BCUT2D eigenvalue weighted by atomic mass is 16.5. The second-order valence-electron chi connectivity index (χ2n) is 10.9. The van der Waals surface area contributed by atoms with Crippen molar-refractivity contribution in [2.75, 3.05) is 33.9 Å². The molecule has 36 heavy (non-hydrogen) atoms. The Balaban J connectivity index is 1.28. The molecule has 0 radical (unpaired) electrons. The maximum atomic E-state index is 12.8. The minimum absolute atomic E-state index is 0.00858. The van der Waals surface area contributed by atoms with Crippen molar-refractivity contribution >= 4 is 11.9 Å². The van der Waals surface area contributed by atoms with Gasteiger partial charge >= 0.3 is 5.97 Å². The molecule has 1 aliphatic heterocycles. The van der Waals surface area contributed by atoms with Crippen molar-refractivity contribution in [3.63, 3.8) is 0 Å². The first-order valence-electron chi connectivity index (χ1n) is 13.3.